The molecule has 0 aromatic rings. The van der Waals surface area contributed by atoms with Crippen molar-refractivity contribution >= 4 is 0 Å². The Morgan fingerprint density at radius 2 is 1.80 bits per heavy atom. The summed E-state index contributed by atoms with van der Waals surface area (Å²) in [6.45, 7) is 8.23. The number of piperidine rings is 1. The molecule has 15 heavy (non-hydrogen) atoms. The summed E-state index contributed by atoms with van der Waals surface area (Å²) in [6.07, 6.45) is 6.88. The SMILES string of the molecule is CCC(C)N(CC)C1CC2CCC(C1)N2. The first-order chi connectivity index (χ1) is 7.24. The minimum Gasteiger partial charge on any atom is -0.311 e. The van der Waals surface area contributed by atoms with Crippen LogP contribution < -0.4 is 5.32 Å². The highest BCUT2D eigenvalue weighted by Gasteiger charge is 2.36. The number of nitrogens with one attached hydrogen (secondary N) is 1. The van der Waals surface area contributed by atoms with E-state index >= 15 is 0 Å². The molecule has 0 aromatic heterocycles. The van der Waals surface area contributed by atoms with Crippen molar-refractivity contribution in [3.05, 3.63) is 0 Å². The summed E-state index contributed by atoms with van der Waals surface area (Å²) in [5.41, 5.74) is 0. The van der Waals surface area contributed by atoms with Crippen molar-refractivity contribution in [2.24, 2.45) is 0 Å². The largest absolute Gasteiger partial charge is 0.311 e. The highest BCUT2D eigenvalue weighted by atomic mass is 15.2. The quantitative estimate of drug-likeness (QED) is 0.766. The molecule has 2 nitrogen and oxygen atoms in total. The molecule has 2 aliphatic heterocycles. The number of nitrogens with zero attached hydrogens (tertiary/aromatic N) is 1. The molecule has 2 rings (SSSR count). The van der Waals surface area contributed by atoms with Crippen LogP contribution in [-0.4, -0.2) is 35.6 Å². The number of fused-ring (bicyclic) bond motifs is 2. The average Bonchev–Trinajstić information content (AvgIpc) is 2.59. The summed E-state index contributed by atoms with van der Waals surface area (Å²) in [5.74, 6) is 0. The second-order valence-corrected chi connectivity index (χ2v) is 5.35. The van der Waals surface area contributed by atoms with E-state index in [0.29, 0.717) is 0 Å². The second kappa shape index (κ2) is 4.84. The molecule has 3 unspecified atom stereocenters. The monoisotopic (exact) mass is 210 g/mol. The van der Waals surface area contributed by atoms with Gasteiger partial charge >= 0.3 is 0 Å². The van der Waals surface area contributed by atoms with Crippen molar-refractivity contribution in [2.45, 2.75) is 77.0 Å². The summed E-state index contributed by atoms with van der Waals surface area (Å²) in [7, 11) is 0. The van der Waals surface area contributed by atoms with Crippen molar-refractivity contribution in [3.63, 3.8) is 0 Å². The lowest BCUT2D eigenvalue weighted by Crippen LogP contribution is -2.50. The van der Waals surface area contributed by atoms with Crippen LogP contribution in [0.2, 0.25) is 0 Å². The lowest BCUT2D eigenvalue weighted by Gasteiger charge is -2.40. The summed E-state index contributed by atoms with van der Waals surface area (Å²) < 4.78 is 0. The lowest BCUT2D eigenvalue weighted by molar-refractivity contribution is 0.105. The molecule has 2 heterocycles. The zero-order valence-electron chi connectivity index (χ0n) is 10.5. The Hall–Kier alpha value is -0.0800. The second-order valence-electron chi connectivity index (χ2n) is 5.35. The van der Waals surface area contributed by atoms with Crippen LogP contribution in [0.1, 0.15) is 52.9 Å². The van der Waals surface area contributed by atoms with Crippen LogP contribution in [0, 0.1) is 0 Å². The van der Waals surface area contributed by atoms with Gasteiger partial charge in [0.2, 0.25) is 0 Å². The molecule has 3 atom stereocenters. The molecule has 2 heteroatoms. The van der Waals surface area contributed by atoms with Gasteiger partial charge in [0.25, 0.3) is 0 Å². The fourth-order valence-electron chi connectivity index (χ4n) is 3.46. The topological polar surface area (TPSA) is 15.3 Å². The third-order valence-electron chi connectivity index (χ3n) is 4.44. The molecule has 0 amide bonds. The molecule has 2 fully saturated rings. The molecular weight excluding hydrogens is 184 g/mol. The molecule has 0 saturated carbocycles. The standard InChI is InChI=1S/C13H26N2/c1-4-10(3)15(5-2)13-8-11-6-7-12(9-13)14-11/h10-14H,4-9H2,1-3H3. The van der Waals surface area contributed by atoms with Crippen molar-refractivity contribution in [1.29, 1.82) is 0 Å². The molecule has 2 aliphatic rings. The average molecular weight is 210 g/mol. The molecule has 88 valence electrons. The van der Waals surface area contributed by atoms with Crippen LogP contribution in [0.4, 0.5) is 0 Å². The Labute approximate surface area is 94.4 Å². The third-order valence-corrected chi connectivity index (χ3v) is 4.44. The molecule has 2 bridgehead atoms. The molecular formula is C13H26N2. The molecule has 0 aromatic carbocycles. The van der Waals surface area contributed by atoms with Gasteiger partial charge in [-0.05, 0) is 45.6 Å². The van der Waals surface area contributed by atoms with Gasteiger partial charge < -0.3 is 5.32 Å². The smallest absolute Gasteiger partial charge is 0.0128 e. The van der Waals surface area contributed by atoms with Gasteiger partial charge in [-0.3, -0.25) is 4.90 Å². The highest BCUT2D eigenvalue weighted by Crippen LogP contribution is 2.30. The van der Waals surface area contributed by atoms with Gasteiger partial charge in [-0.1, -0.05) is 13.8 Å². The van der Waals surface area contributed by atoms with E-state index in [1.807, 2.05) is 0 Å². The van der Waals surface area contributed by atoms with E-state index in [1.54, 1.807) is 0 Å². The van der Waals surface area contributed by atoms with E-state index in [0.717, 1.165) is 24.2 Å². The predicted molar refractivity (Wildman–Crippen MR) is 65.1 cm³/mol. The summed E-state index contributed by atoms with van der Waals surface area (Å²) >= 11 is 0. The molecule has 0 spiro atoms. The van der Waals surface area contributed by atoms with Crippen molar-refractivity contribution < 1.29 is 0 Å². The van der Waals surface area contributed by atoms with Crippen molar-refractivity contribution in [3.8, 4) is 0 Å². The Kier molecular flexibility index (Phi) is 3.68. The number of rotatable bonds is 4. The highest BCUT2D eigenvalue weighted by molar-refractivity contribution is 4.96. The lowest BCUT2D eigenvalue weighted by atomic mass is 9.96. The Morgan fingerprint density at radius 3 is 2.27 bits per heavy atom. The van der Waals surface area contributed by atoms with Crippen LogP contribution in [0.5, 0.6) is 0 Å². The van der Waals surface area contributed by atoms with E-state index in [1.165, 1.54) is 38.6 Å². The third kappa shape index (κ3) is 2.36. The van der Waals surface area contributed by atoms with Crippen LogP contribution in [0.25, 0.3) is 0 Å². The zero-order chi connectivity index (χ0) is 10.8. The first-order valence-electron chi connectivity index (χ1n) is 6.76. The zero-order valence-corrected chi connectivity index (χ0v) is 10.5. The van der Waals surface area contributed by atoms with Gasteiger partial charge in [0.1, 0.15) is 0 Å². The molecule has 0 radical (unpaired) electrons. The van der Waals surface area contributed by atoms with E-state index in [4.69, 9.17) is 0 Å². The summed E-state index contributed by atoms with van der Waals surface area (Å²) in [5, 5.41) is 3.73. The van der Waals surface area contributed by atoms with Gasteiger partial charge in [-0.25, -0.2) is 0 Å². The Morgan fingerprint density at radius 1 is 1.20 bits per heavy atom. The normalized spacial score (nSPS) is 37.2. The minimum absolute atomic E-state index is 0.762. The Balaban J connectivity index is 1.96. The van der Waals surface area contributed by atoms with Gasteiger partial charge in [0.15, 0.2) is 0 Å². The maximum Gasteiger partial charge on any atom is 0.0128 e. The first kappa shape index (κ1) is 11.4. The van der Waals surface area contributed by atoms with Gasteiger partial charge in [0, 0.05) is 24.2 Å². The number of hydrogen-bond donors (Lipinski definition) is 1. The Bertz CT molecular complexity index is 193. The van der Waals surface area contributed by atoms with E-state index in [9.17, 15) is 0 Å². The van der Waals surface area contributed by atoms with Crippen molar-refractivity contribution in [1.82, 2.24) is 10.2 Å². The first-order valence-corrected chi connectivity index (χ1v) is 6.76. The predicted octanol–water partition coefficient (Wildman–Crippen LogP) is 2.39. The molecule has 1 N–H and O–H groups in total. The maximum atomic E-state index is 3.73. The van der Waals surface area contributed by atoms with Crippen LogP contribution in [0.3, 0.4) is 0 Å². The van der Waals surface area contributed by atoms with Crippen molar-refractivity contribution in [2.75, 3.05) is 6.54 Å². The number of hydrogen-bond acceptors (Lipinski definition) is 2. The van der Waals surface area contributed by atoms with E-state index in [2.05, 4.69) is 31.0 Å². The van der Waals surface area contributed by atoms with Crippen LogP contribution >= 0.6 is 0 Å². The fourth-order valence-corrected chi connectivity index (χ4v) is 3.46. The minimum atomic E-state index is 0.762. The molecule has 0 aliphatic carbocycles. The van der Waals surface area contributed by atoms with Crippen LogP contribution in [0.15, 0.2) is 0 Å². The summed E-state index contributed by atoms with van der Waals surface area (Å²) in [4.78, 5) is 2.73. The maximum absolute atomic E-state index is 3.73. The van der Waals surface area contributed by atoms with Crippen LogP contribution in [-0.2, 0) is 0 Å². The van der Waals surface area contributed by atoms with E-state index in [-0.39, 0.29) is 0 Å². The van der Waals surface area contributed by atoms with Gasteiger partial charge in [0.05, 0.1) is 0 Å². The summed E-state index contributed by atoms with van der Waals surface area (Å²) in [6, 6.07) is 3.26. The fraction of sp³-hybridized carbons (Fsp3) is 1.00. The van der Waals surface area contributed by atoms with Gasteiger partial charge in [-0.2, -0.15) is 0 Å². The van der Waals surface area contributed by atoms with Gasteiger partial charge in [-0.15, -0.1) is 0 Å². The molecule has 2 saturated heterocycles. The van der Waals surface area contributed by atoms with E-state index < -0.39 is 0 Å².